The van der Waals surface area contributed by atoms with Crippen molar-refractivity contribution in [1.29, 1.82) is 0 Å². The van der Waals surface area contributed by atoms with Gasteiger partial charge < -0.3 is 10.6 Å². The average Bonchev–Trinajstić information content (AvgIpc) is 2.40. The molecule has 4 heteroatoms. The van der Waals surface area contributed by atoms with Crippen LogP contribution in [-0.4, -0.2) is 19.0 Å². The Kier molecular flexibility index (Phi) is 4.53. The molecule has 0 unspecified atom stereocenters. The van der Waals surface area contributed by atoms with Gasteiger partial charge in [0.15, 0.2) is 0 Å². The van der Waals surface area contributed by atoms with Crippen LogP contribution in [0.2, 0.25) is 0 Å². The number of hydrogen-bond donors (Lipinski definition) is 2. The highest BCUT2D eigenvalue weighted by molar-refractivity contribution is 5.95. The summed E-state index contributed by atoms with van der Waals surface area (Å²) < 4.78 is 13.1. The van der Waals surface area contributed by atoms with Crippen LogP contribution in [0.5, 0.6) is 0 Å². The predicted octanol–water partition coefficient (Wildman–Crippen LogP) is 2.93. The molecule has 3 nitrogen and oxygen atoms in total. The van der Waals surface area contributed by atoms with Crippen molar-refractivity contribution >= 4 is 11.6 Å². The van der Waals surface area contributed by atoms with E-state index in [4.69, 9.17) is 0 Å². The van der Waals surface area contributed by atoms with Crippen molar-refractivity contribution in [3.63, 3.8) is 0 Å². The van der Waals surface area contributed by atoms with Gasteiger partial charge in [0.1, 0.15) is 5.82 Å². The molecule has 0 saturated carbocycles. The van der Waals surface area contributed by atoms with E-state index in [0.717, 1.165) is 38.8 Å². The molecule has 0 bridgehead atoms. The summed E-state index contributed by atoms with van der Waals surface area (Å²) in [5.41, 5.74) is 0.241. The maximum Gasteiger partial charge on any atom is 0.230 e. The third kappa shape index (κ3) is 3.32. The van der Waals surface area contributed by atoms with Crippen molar-refractivity contribution in [2.75, 3.05) is 18.4 Å². The lowest BCUT2D eigenvalue weighted by Crippen LogP contribution is -2.44. The van der Waals surface area contributed by atoms with Crippen molar-refractivity contribution in [3.8, 4) is 0 Å². The summed E-state index contributed by atoms with van der Waals surface area (Å²) in [6, 6.07) is 6.07. The second-order valence-electron chi connectivity index (χ2n) is 5.24. The number of carbonyl (C=O) groups is 1. The van der Waals surface area contributed by atoms with E-state index >= 15 is 0 Å². The molecule has 0 radical (unpaired) electrons. The van der Waals surface area contributed by atoms with Crippen molar-refractivity contribution in [3.05, 3.63) is 30.1 Å². The van der Waals surface area contributed by atoms with Gasteiger partial charge in [-0.1, -0.05) is 19.4 Å². The fourth-order valence-electron chi connectivity index (χ4n) is 2.80. The molecule has 0 spiro atoms. The first-order valence-electron chi connectivity index (χ1n) is 6.94. The summed E-state index contributed by atoms with van der Waals surface area (Å²) in [7, 11) is 0. The van der Waals surface area contributed by atoms with Crippen LogP contribution < -0.4 is 10.6 Å². The first kappa shape index (κ1) is 14.0. The van der Waals surface area contributed by atoms with E-state index in [2.05, 4.69) is 17.6 Å². The lowest BCUT2D eigenvalue weighted by Gasteiger charge is -2.36. The molecular formula is C15H21FN2O. The minimum absolute atomic E-state index is 0.0291. The molecule has 1 aromatic rings. The molecule has 1 saturated heterocycles. The number of hydrogen-bond acceptors (Lipinski definition) is 2. The number of benzene rings is 1. The Morgan fingerprint density at radius 3 is 2.79 bits per heavy atom. The molecule has 19 heavy (non-hydrogen) atoms. The first-order valence-corrected chi connectivity index (χ1v) is 6.94. The van der Waals surface area contributed by atoms with Gasteiger partial charge in [-0.15, -0.1) is 0 Å². The van der Waals surface area contributed by atoms with Gasteiger partial charge >= 0.3 is 0 Å². The van der Waals surface area contributed by atoms with Gasteiger partial charge in [-0.25, -0.2) is 4.39 Å². The second-order valence-corrected chi connectivity index (χ2v) is 5.24. The summed E-state index contributed by atoms with van der Waals surface area (Å²) in [6.45, 7) is 3.84. The predicted molar refractivity (Wildman–Crippen MR) is 74.5 cm³/mol. The Labute approximate surface area is 113 Å². The Bertz CT molecular complexity index is 436. The van der Waals surface area contributed by atoms with E-state index < -0.39 is 0 Å². The van der Waals surface area contributed by atoms with Crippen molar-refractivity contribution in [1.82, 2.24) is 5.32 Å². The molecule has 2 N–H and O–H groups in total. The SMILES string of the molecule is CCCC1(C(=O)Nc2cccc(F)c2)CCNCC1. The number of anilines is 1. The van der Waals surface area contributed by atoms with Crippen LogP contribution >= 0.6 is 0 Å². The Balaban J connectivity index is 2.11. The molecule has 0 aromatic heterocycles. The van der Waals surface area contributed by atoms with E-state index in [1.165, 1.54) is 12.1 Å². The molecule has 1 aromatic carbocycles. The molecule has 0 atom stereocenters. The second kappa shape index (κ2) is 6.15. The monoisotopic (exact) mass is 264 g/mol. The van der Waals surface area contributed by atoms with Crippen LogP contribution in [0.1, 0.15) is 32.6 Å². The third-order valence-corrected chi connectivity index (χ3v) is 3.85. The van der Waals surface area contributed by atoms with Crippen molar-refractivity contribution in [2.45, 2.75) is 32.6 Å². The van der Waals surface area contributed by atoms with Crippen LogP contribution in [0.25, 0.3) is 0 Å². The van der Waals surface area contributed by atoms with E-state index in [1.807, 2.05) is 0 Å². The standard InChI is InChI=1S/C15H21FN2O/c1-2-6-15(7-9-17-10-8-15)14(19)18-13-5-3-4-12(16)11-13/h3-5,11,17H,2,6-10H2,1H3,(H,18,19). The number of nitrogens with one attached hydrogen (secondary N) is 2. The average molecular weight is 264 g/mol. The zero-order valence-corrected chi connectivity index (χ0v) is 11.3. The summed E-state index contributed by atoms with van der Waals surface area (Å²) in [5, 5.41) is 6.16. The number of carbonyl (C=O) groups excluding carboxylic acids is 1. The van der Waals surface area contributed by atoms with Crippen molar-refractivity contribution in [2.24, 2.45) is 5.41 Å². The molecule has 0 aliphatic carbocycles. The number of amides is 1. The van der Waals surface area contributed by atoms with E-state index in [1.54, 1.807) is 12.1 Å². The fraction of sp³-hybridized carbons (Fsp3) is 0.533. The molecule has 1 aliphatic rings. The lowest BCUT2D eigenvalue weighted by molar-refractivity contribution is -0.127. The maximum absolute atomic E-state index is 13.1. The summed E-state index contributed by atoms with van der Waals surface area (Å²) >= 11 is 0. The van der Waals surface area contributed by atoms with Gasteiger partial charge in [-0.2, -0.15) is 0 Å². The Morgan fingerprint density at radius 1 is 1.42 bits per heavy atom. The van der Waals surface area contributed by atoms with Crippen LogP contribution in [0, 0.1) is 11.2 Å². The molecular weight excluding hydrogens is 243 g/mol. The molecule has 104 valence electrons. The van der Waals surface area contributed by atoms with Crippen LogP contribution in [-0.2, 0) is 4.79 Å². The van der Waals surface area contributed by atoms with Crippen molar-refractivity contribution < 1.29 is 9.18 Å². The zero-order valence-electron chi connectivity index (χ0n) is 11.3. The normalized spacial score (nSPS) is 18.0. The minimum Gasteiger partial charge on any atom is -0.326 e. The van der Waals surface area contributed by atoms with Gasteiger partial charge in [-0.05, 0) is 50.6 Å². The highest BCUT2D eigenvalue weighted by atomic mass is 19.1. The van der Waals surface area contributed by atoms with Gasteiger partial charge in [0.25, 0.3) is 0 Å². The first-order chi connectivity index (χ1) is 9.16. The summed E-state index contributed by atoms with van der Waals surface area (Å²) in [5.74, 6) is -0.297. The topological polar surface area (TPSA) is 41.1 Å². The maximum atomic E-state index is 13.1. The largest absolute Gasteiger partial charge is 0.326 e. The quantitative estimate of drug-likeness (QED) is 0.878. The summed E-state index contributed by atoms with van der Waals surface area (Å²) in [6.07, 6.45) is 3.57. The van der Waals surface area contributed by atoms with Gasteiger partial charge in [0, 0.05) is 5.69 Å². The van der Waals surface area contributed by atoms with E-state index in [0.29, 0.717) is 5.69 Å². The number of halogens is 1. The molecule has 1 aliphatic heterocycles. The van der Waals surface area contributed by atoms with Gasteiger partial charge in [0.05, 0.1) is 5.41 Å². The molecule has 1 fully saturated rings. The molecule has 2 rings (SSSR count). The smallest absolute Gasteiger partial charge is 0.230 e. The van der Waals surface area contributed by atoms with Crippen LogP contribution in [0.15, 0.2) is 24.3 Å². The van der Waals surface area contributed by atoms with Gasteiger partial charge in [0.2, 0.25) is 5.91 Å². The van der Waals surface area contributed by atoms with E-state index in [-0.39, 0.29) is 17.1 Å². The highest BCUT2D eigenvalue weighted by Gasteiger charge is 2.38. The van der Waals surface area contributed by atoms with E-state index in [9.17, 15) is 9.18 Å². The lowest BCUT2D eigenvalue weighted by atomic mass is 9.74. The number of rotatable bonds is 4. The van der Waals surface area contributed by atoms with Crippen LogP contribution in [0.3, 0.4) is 0 Å². The number of piperidine rings is 1. The summed E-state index contributed by atoms with van der Waals surface area (Å²) in [4.78, 5) is 12.5. The van der Waals surface area contributed by atoms with Gasteiger partial charge in [-0.3, -0.25) is 4.79 Å². The third-order valence-electron chi connectivity index (χ3n) is 3.85. The molecule has 1 amide bonds. The fourth-order valence-corrected chi connectivity index (χ4v) is 2.80. The minimum atomic E-state index is -0.326. The van der Waals surface area contributed by atoms with Crippen LogP contribution in [0.4, 0.5) is 10.1 Å². The Morgan fingerprint density at radius 2 is 2.16 bits per heavy atom. The highest BCUT2D eigenvalue weighted by Crippen LogP contribution is 2.35. The molecule has 1 heterocycles. The Hall–Kier alpha value is -1.42. The zero-order chi connectivity index (χ0) is 13.7.